The molecule has 0 bridgehead atoms. The third kappa shape index (κ3) is 2.44. The van der Waals surface area contributed by atoms with Gasteiger partial charge in [0.15, 0.2) is 0 Å². The van der Waals surface area contributed by atoms with Crippen LogP contribution < -0.4 is 9.47 Å². The number of carbonyl (C=O) groups is 1. The van der Waals surface area contributed by atoms with Gasteiger partial charge in [-0.2, -0.15) is 0 Å². The first-order valence-corrected chi connectivity index (χ1v) is 7.08. The molecule has 1 aliphatic rings. The van der Waals surface area contributed by atoms with Crippen molar-refractivity contribution in [2.75, 3.05) is 14.2 Å². The Bertz CT molecular complexity index is 507. The van der Waals surface area contributed by atoms with Crippen LogP contribution in [0.4, 0.5) is 0 Å². The normalized spacial score (nSPS) is 17.6. The maximum absolute atomic E-state index is 11.9. The van der Waals surface area contributed by atoms with Gasteiger partial charge >= 0.3 is 5.97 Å². The average Bonchev–Trinajstić information content (AvgIpc) is 2.46. The number of halogens is 1. The minimum Gasteiger partial charge on any atom is -0.497 e. The summed E-state index contributed by atoms with van der Waals surface area (Å²) in [5, 5.41) is 10.2. The minimum atomic E-state index is -0.929. The largest absolute Gasteiger partial charge is 0.497 e. The van der Waals surface area contributed by atoms with Crippen LogP contribution in [0.3, 0.4) is 0 Å². The van der Waals surface area contributed by atoms with E-state index in [1.807, 2.05) is 0 Å². The van der Waals surface area contributed by atoms with E-state index in [4.69, 9.17) is 21.1 Å². The van der Waals surface area contributed by atoms with Crippen LogP contribution in [0.15, 0.2) is 12.1 Å². The van der Waals surface area contributed by atoms with Gasteiger partial charge in [-0.25, -0.2) is 0 Å². The van der Waals surface area contributed by atoms with Crippen molar-refractivity contribution in [2.45, 2.75) is 37.5 Å². The molecule has 1 saturated carbocycles. The van der Waals surface area contributed by atoms with Crippen LogP contribution >= 0.6 is 11.6 Å². The Morgan fingerprint density at radius 3 is 2.35 bits per heavy atom. The Hall–Kier alpha value is -1.42. The van der Waals surface area contributed by atoms with Crippen LogP contribution in [-0.4, -0.2) is 25.3 Å². The molecule has 20 heavy (non-hydrogen) atoms. The lowest BCUT2D eigenvalue weighted by atomic mass is 9.69. The van der Waals surface area contributed by atoms with Crippen LogP contribution in [0.2, 0.25) is 5.02 Å². The fraction of sp³-hybridized carbons (Fsp3) is 0.533. The van der Waals surface area contributed by atoms with E-state index in [2.05, 4.69) is 0 Å². The SMILES string of the molecule is COc1cc(Cl)c(OC)c(C2(C(=O)O)CCCCC2)c1. The summed E-state index contributed by atoms with van der Waals surface area (Å²) in [6.45, 7) is 0. The van der Waals surface area contributed by atoms with E-state index in [0.717, 1.165) is 19.3 Å². The summed E-state index contributed by atoms with van der Waals surface area (Å²) in [6.07, 6.45) is 4.05. The van der Waals surface area contributed by atoms with Crippen molar-refractivity contribution in [3.63, 3.8) is 0 Å². The summed E-state index contributed by atoms with van der Waals surface area (Å²) in [5.41, 5.74) is -0.307. The number of carboxylic acids is 1. The highest BCUT2D eigenvalue weighted by Crippen LogP contribution is 2.47. The zero-order valence-electron chi connectivity index (χ0n) is 11.7. The zero-order valence-corrected chi connectivity index (χ0v) is 12.5. The molecule has 1 aromatic rings. The molecular weight excluding hydrogens is 280 g/mol. The van der Waals surface area contributed by atoms with Gasteiger partial charge in [-0.1, -0.05) is 30.9 Å². The Morgan fingerprint density at radius 2 is 1.85 bits per heavy atom. The lowest BCUT2D eigenvalue weighted by molar-refractivity contribution is -0.145. The summed E-state index contributed by atoms with van der Waals surface area (Å²) in [6, 6.07) is 3.38. The van der Waals surface area contributed by atoms with Crippen molar-refractivity contribution in [1.29, 1.82) is 0 Å². The fourth-order valence-electron chi connectivity index (χ4n) is 3.00. The molecule has 0 aliphatic heterocycles. The third-order valence-electron chi connectivity index (χ3n) is 4.09. The second kappa shape index (κ2) is 5.92. The summed E-state index contributed by atoms with van der Waals surface area (Å²) >= 11 is 6.20. The summed E-state index contributed by atoms with van der Waals surface area (Å²) in [7, 11) is 3.05. The number of hydrogen-bond acceptors (Lipinski definition) is 3. The second-order valence-electron chi connectivity index (χ2n) is 5.14. The quantitative estimate of drug-likeness (QED) is 0.922. The van der Waals surface area contributed by atoms with E-state index in [9.17, 15) is 9.90 Å². The maximum atomic E-state index is 11.9. The van der Waals surface area contributed by atoms with Gasteiger partial charge < -0.3 is 14.6 Å². The fourth-order valence-corrected chi connectivity index (χ4v) is 3.29. The molecule has 2 rings (SSSR count). The molecule has 0 saturated heterocycles. The number of aliphatic carboxylic acids is 1. The second-order valence-corrected chi connectivity index (χ2v) is 5.55. The first-order valence-electron chi connectivity index (χ1n) is 6.70. The molecule has 0 aromatic heterocycles. The molecule has 1 N–H and O–H groups in total. The molecule has 0 atom stereocenters. The summed E-state index contributed by atoms with van der Waals surface area (Å²) in [5.74, 6) is 0.175. The molecule has 1 aromatic carbocycles. The number of carboxylic acid groups (broad SMARTS) is 1. The molecule has 4 nitrogen and oxygen atoms in total. The van der Waals surface area contributed by atoms with Gasteiger partial charge in [-0.15, -0.1) is 0 Å². The molecule has 0 heterocycles. The Balaban J connectivity index is 2.63. The Kier molecular flexibility index (Phi) is 4.43. The highest BCUT2D eigenvalue weighted by atomic mass is 35.5. The smallest absolute Gasteiger partial charge is 0.314 e. The minimum absolute atomic E-state index is 0.382. The molecule has 110 valence electrons. The van der Waals surface area contributed by atoms with Crippen molar-refractivity contribution < 1.29 is 19.4 Å². The summed E-state index contributed by atoms with van der Waals surface area (Å²) in [4.78, 5) is 11.9. The highest BCUT2D eigenvalue weighted by Gasteiger charge is 2.44. The average molecular weight is 299 g/mol. The molecule has 0 spiro atoms. The monoisotopic (exact) mass is 298 g/mol. The third-order valence-corrected chi connectivity index (χ3v) is 4.37. The molecular formula is C15H19ClO4. The number of benzene rings is 1. The Labute approximate surface area is 123 Å². The zero-order chi connectivity index (χ0) is 14.8. The van der Waals surface area contributed by atoms with Crippen molar-refractivity contribution in [3.05, 3.63) is 22.7 Å². The van der Waals surface area contributed by atoms with E-state index in [0.29, 0.717) is 34.9 Å². The number of ether oxygens (including phenoxy) is 2. The van der Waals surface area contributed by atoms with Gasteiger partial charge in [0.1, 0.15) is 11.5 Å². The molecule has 5 heteroatoms. The van der Waals surface area contributed by atoms with Crippen LogP contribution in [0.25, 0.3) is 0 Å². The van der Waals surface area contributed by atoms with E-state index in [1.165, 1.54) is 14.2 Å². The number of hydrogen-bond donors (Lipinski definition) is 1. The van der Waals surface area contributed by atoms with Gasteiger partial charge in [-0.3, -0.25) is 4.79 Å². The highest BCUT2D eigenvalue weighted by molar-refractivity contribution is 6.32. The van der Waals surface area contributed by atoms with Crippen molar-refractivity contribution in [1.82, 2.24) is 0 Å². The van der Waals surface area contributed by atoms with E-state index in [1.54, 1.807) is 12.1 Å². The van der Waals surface area contributed by atoms with Gasteiger partial charge in [0.25, 0.3) is 0 Å². The van der Waals surface area contributed by atoms with E-state index in [-0.39, 0.29) is 0 Å². The van der Waals surface area contributed by atoms with Gasteiger partial charge in [-0.05, 0) is 18.9 Å². The molecule has 1 aliphatic carbocycles. The van der Waals surface area contributed by atoms with Crippen LogP contribution in [-0.2, 0) is 10.2 Å². The van der Waals surface area contributed by atoms with E-state index < -0.39 is 11.4 Å². The first kappa shape index (κ1) is 15.0. The number of rotatable bonds is 4. The maximum Gasteiger partial charge on any atom is 0.314 e. The number of methoxy groups -OCH3 is 2. The predicted octanol–water partition coefficient (Wildman–Crippen LogP) is 3.64. The topological polar surface area (TPSA) is 55.8 Å². The Morgan fingerprint density at radius 1 is 1.20 bits per heavy atom. The van der Waals surface area contributed by atoms with Crippen LogP contribution in [0, 0.1) is 0 Å². The van der Waals surface area contributed by atoms with Crippen molar-refractivity contribution in [2.24, 2.45) is 0 Å². The molecule has 0 amide bonds. The molecule has 1 fully saturated rings. The lowest BCUT2D eigenvalue weighted by Gasteiger charge is -2.35. The van der Waals surface area contributed by atoms with Crippen LogP contribution in [0.1, 0.15) is 37.7 Å². The van der Waals surface area contributed by atoms with E-state index >= 15 is 0 Å². The van der Waals surface area contributed by atoms with Gasteiger partial charge in [0.2, 0.25) is 0 Å². The first-order chi connectivity index (χ1) is 9.55. The van der Waals surface area contributed by atoms with Gasteiger partial charge in [0.05, 0.1) is 24.7 Å². The lowest BCUT2D eigenvalue weighted by Crippen LogP contribution is -2.38. The van der Waals surface area contributed by atoms with Crippen molar-refractivity contribution in [3.8, 4) is 11.5 Å². The summed E-state index contributed by atoms with van der Waals surface area (Å²) < 4.78 is 10.6. The predicted molar refractivity (Wildman–Crippen MR) is 77.0 cm³/mol. The molecule has 0 radical (unpaired) electrons. The van der Waals surface area contributed by atoms with Crippen molar-refractivity contribution >= 4 is 17.6 Å². The van der Waals surface area contributed by atoms with Crippen LogP contribution in [0.5, 0.6) is 11.5 Å². The van der Waals surface area contributed by atoms with Gasteiger partial charge in [0, 0.05) is 11.6 Å². The standard InChI is InChI=1S/C15H19ClO4/c1-19-10-8-11(13(20-2)12(16)9-10)15(14(17)18)6-4-3-5-7-15/h8-9H,3-7H2,1-2H3,(H,17,18). The molecule has 0 unspecified atom stereocenters.